The van der Waals surface area contributed by atoms with E-state index in [1.807, 2.05) is 28.3 Å². The van der Waals surface area contributed by atoms with Crippen LogP contribution >= 0.6 is 22.7 Å². The fraction of sp³-hybridized carbons (Fsp3) is 0.308. The molecule has 2 rings (SSSR count). The first-order chi connectivity index (χ1) is 9.31. The Kier molecular flexibility index (Phi) is 5.53. The van der Waals surface area contributed by atoms with E-state index in [4.69, 9.17) is 9.84 Å². The standard InChI is InChI=1S/C13H15NO3S2/c15-4-5-17-11(10-3-7-18-9-10)8-14-13(16)12-2-1-6-19-12/h1-3,6-7,9,11,15H,4-5,8H2,(H,14,16). The number of nitrogens with one attached hydrogen (secondary N) is 1. The van der Waals surface area contributed by atoms with Crippen molar-refractivity contribution < 1.29 is 14.6 Å². The van der Waals surface area contributed by atoms with Gasteiger partial charge in [-0.1, -0.05) is 6.07 Å². The van der Waals surface area contributed by atoms with Crippen LogP contribution in [0.25, 0.3) is 0 Å². The van der Waals surface area contributed by atoms with E-state index < -0.39 is 0 Å². The molecular weight excluding hydrogens is 282 g/mol. The summed E-state index contributed by atoms with van der Waals surface area (Å²) in [5.41, 5.74) is 1.02. The van der Waals surface area contributed by atoms with Crippen LogP contribution in [0, 0.1) is 0 Å². The lowest BCUT2D eigenvalue weighted by Gasteiger charge is -2.17. The van der Waals surface area contributed by atoms with Gasteiger partial charge in [-0.2, -0.15) is 11.3 Å². The lowest BCUT2D eigenvalue weighted by atomic mass is 10.2. The van der Waals surface area contributed by atoms with Crippen LogP contribution in [-0.2, 0) is 4.74 Å². The molecule has 1 unspecified atom stereocenters. The van der Waals surface area contributed by atoms with Gasteiger partial charge in [-0.3, -0.25) is 4.79 Å². The summed E-state index contributed by atoms with van der Waals surface area (Å²) in [5, 5.41) is 17.5. The molecule has 2 heterocycles. The number of carbonyl (C=O) groups is 1. The lowest BCUT2D eigenvalue weighted by Crippen LogP contribution is -2.29. The number of hydrogen-bond acceptors (Lipinski definition) is 5. The van der Waals surface area contributed by atoms with E-state index in [1.54, 1.807) is 17.4 Å². The van der Waals surface area contributed by atoms with Gasteiger partial charge >= 0.3 is 0 Å². The summed E-state index contributed by atoms with van der Waals surface area (Å²) in [6.07, 6.45) is -0.220. The topological polar surface area (TPSA) is 58.6 Å². The van der Waals surface area contributed by atoms with Crippen LogP contribution in [0.1, 0.15) is 21.3 Å². The molecule has 0 bridgehead atoms. The zero-order chi connectivity index (χ0) is 13.5. The molecular formula is C13H15NO3S2. The number of aliphatic hydroxyl groups excluding tert-OH is 1. The number of rotatable bonds is 7. The van der Waals surface area contributed by atoms with Crippen LogP contribution in [0.5, 0.6) is 0 Å². The molecule has 0 saturated carbocycles. The van der Waals surface area contributed by atoms with E-state index in [1.165, 1.54) is 11.3 Å². The molecule has 4 nitrogen and oxygen atoms in total. The van der Waals surface area contributed by atoms with Gasteiger partial charge in [0.25, 0.3) is 5.91 Å². The van der Waals surface area contributed by atoms with Crippen LogP contribution in [0.15, 0.2) is 34.3 Å². The second-order valence-corrected chi connectivity index (χ2v) is 5.55. The first-order valence-electron chi connectivity index (χ1n) is 5.87. The molecule has 1 amide bonds. The molecule has 19 heavy (non-hydrogen) atoms. The van der Waals surface area contributed by atoms with Crippen LogP contribution in [-0.4, -0.2) is 30.8 Å². The summed E-state index contributed by atoms with van der Waals surface area (Å²) in [7, 11) is 0. The van der Waals surface area contributed by atoms with Gasteiger partial charge in [0.1, 0.15) is 6.10 Å². The molecule has 0 aromatic carbocycles. The Labute approximate surface area is 119 Å². The van der Waals surface area contributed by atoms with Crippen molar-refractivity contribution in [2.45, 2.75) is 6.10 Å². The van der Waals surface area contributed by atoms with Gasteiger partial charge < -0.3 is 15.2 Å². The van der Waals surface area contributed by atoms with Crippen LogP contribution in [0.4, 0.5) is 0 Å². The Balaban J connectivity index is 1.91. The second-order valence-electron chi connectivity index (χ2n) is 3.83. The maximum atomic E-state index is 11.9. The SMILES string of the molecule is O=C(NCC(OCCO)c1ccsc1)c1cccs1. The molecule has 0 saturated heterocycles. The Morgan fingerprint density at radius 2 is 2.32 bits per heavy atom. The van der Waals surface area contributed by atoms with Crippen molar-refractivity contribution in [1.82, 2.24) is 5.32 Å². The van der Waals surface area contributed by atoms with Crippen molar-refractivity contribution in [3.63, 3.8) is 0 Å². The lowest BCUT2D eigenvalue weighted by molar-refractivity contribution is 0.0280. The molecule has 0 spiro atoms. The van der Waals surface area contributed by atoms with E-state index in [9.17, 15) is 4.79 Å². The van der Waals surface area contributed by atoms with Gasteiger partial charge in [-0.15, -0.1) is 11.3 Å². The first kappa shape index (κ1) is 14.2. The highest BCUT2D eigenvalue weighted by molar-refractivity contribution is 7.12. The molecule has 1 atom stereocenters. The molecule has 0 fully saturated rings. The highest BCUT2D eigenvalue weighted by Crippen LogP contribution is 2.19. The Morgan fingerprint density at radius 3 is 2.95 bits per heavy atom. The summed E-state index contributed by atoms with van der Waals surface area (Å²) < 4.78 is 5.55. The van der Waals surface area contributed by atoms with Gasteiger partial charge in [0.2, 0.25) is 0 Å². The third-order valence-electron chi connectivity index (χ3n) is 2.52. The van der Waals surface area contributed by atoms with Gasteiger partial charge in [0.15, 0.2) is 0 Å². The average Bonchev–Trinajstić information content (AvgIpc) is 3.11. The summed E-state index contributed by atoms with van der Waals surface area (Å²) in [4.78, 5) is 12.5. The van der Waals surface area contributed by atoms with Gasteiger partial charge in [0, 0.05) is 6.54 Å². The normalized spacial score (nSPS) is 12.3. The molecule has 0 radical (unpaired) electrons. The summed E-state index contributed by atoms with van der Waals surface area (Å²) >= 11 is 2.99. The average molecular weight is 297 g/mol. The van der Waals surface area contributed by atoms with Crippen LogP contribution in [0.3, 0.4) is 0 Å². The summed E-state index contributed by atoms with van der Waals surface area (Å²) in [6, 6.07) is 5.59. The minimum atomic E-state index is -0.220. The van der Waals surface area contributed by atoms with Crippen molar-refractivity contribution in [3.8, 4) is 0 Å². The molecule has 0 aliphatic heterocycles. The maximum absolute atomic E-state index is 11.9. The van der Waals surface area contributed by atoms with E-state index in [2.05, 4.69) is 5.32 Å². The molecule has 6 heteroatoms. The zero-order valence-corrected chi connectivity index (χ0v) is 11.9. The van der Waals surface area contributed by atoms with E-state index >= 15 is 0 Å². The largest absolute Gasteiger partial charge is 0.394 e. The van der Waals surface area contributed by atoms with Crippen molar-refractivity contribution in [2.24, 2.45) is 0 Å². The predicted octanol–water partition coefficient (Wildman–Crippen LogP) is 2.29. The van der Waals surface area contributed by atoms with E-state index in [-0.39, 0.29) is 25.2 Å². The molecule has 2 aromatic rings. The number of aliphatic hydroxyl groups is 1. The highest BCUT2D eigenvalue weighted by atomic mass is 32.1. The van der Waals surface area contributed by atoms with Crippen LogP contribution in [0.2, 0.25) is 0 Å². The fourth-order valence-corrected chi connectivity index (χ4v) is 2.95. The Bertz CT molecular complexity index is 482. The zero-order valence-electron chi connectivity index (χ0n) is 10.2. The van der Waals surface area contributed by atoms with Crippen molar-refractivity contribution in [1.29, 1.82) is 0 Å². The quantitative estimate of drug-likeness (QED) is 0.824. The minimum absolute atomic E-state index is 0.0283. The highest BCUT2D eigenvalue weighted by Gasteiger charge is 2.15. The fourth-order valence-electron chi connectivity index (χ4n) is 1.61. The monoisotopic (exact) mass is 297 g/mol. The predicted molar refractivity (Wildman–Crippen MR) is 76.8 cm³/mol. The number of hydrogen-bond donors (Lipinski definition) is 2. The van der Waals surface area contributed by atoms with Crippen molar-refractivity contribution in [3.05, 3.63) is 44.8 Å². The van der Waals surface area contributed by atoms with Crippen molar-refractivity contribution >= 4 is 28.6 Å². The molecule has 2 aromatic heterocycles. The summed E-state index contributed by atoms with van der Waals surface area (Å²) in [5.74, 6) is -0.0946. The van der Waals surface area contributed by atoms with Crippen molar-refractivity contribution in [2.75, 3.05) is 19.8 Å². The molecule has 0 aliphatic rings. The Morgan fingerprint density at radius 1 is 1.42 bits per heavy atom. The van der Waals surface area contributed by atoms with Gasteiger partial charge in [-0.25, -0.2) is 0 Å². The molecule has 102 valence electrons. The summed E-state index contributed by atoms with van der Waals surface area (Å²) in [6.45, 7) is 0.627. The number of ether oxygens (including phenoxy) is 1. The third kappa shape index (κ3) is 4.14. The smallest absolute Gasteiger partial charge is 0.261 e. The number of amides is 1. The third-order valence-corrected chi connectivity index (χ3v) is 4.09. The van der Waals surface area contributed by atoms with E-state index in [0.717, 1.165) is 5.56 Å². The maximum Gasteiger partial charge on any atom is 0.261 e. The van der Waals surface area contributed by atoms with E-state index in [0.29, 0.717) is 11.4 Å². The van der Waals surface area contributed by atoms with Gasteiger partial charge in [-0.05, 0) is 33.8 Å². The van der Waals surface area contributed by atoms with Crippen LogP contribution < -0.4 is 5.32 Å². The first-order valence-corrected chi connectivity index (χ1v) is 7.69. The minimum Gasteiger partial charge on any atom is -0.394 e. The molecule has 2 N–H and O–H groups in total. The number of carbonyl (C=O) groups excluding carboxylic acids is 1. The molecule has 0 aliphatic carbocycles. The second kappa shape index (κ2) is 7.40. The number of thiophene rings is 2. The Hall–Kier alpha value is -1.21. The van der Waals surface area contributed by atoms with Gasteiger partial charge in [0.05, 0.1) is 18.1 Å².